The maximum atomic E-state index is 13.1. The molecule has 0 amide bonds. The highest BCUT2D eigenvalue weighted by atomic mass is 32.2. The molecule has 41 heavy (non-hydrogen) atoms. The molecule has 0 aliphatic heterocycles. The number of rotatable bonds is 13. The Hall–Kier alpha value is -4.60. The lowest BCUT2D eigenvalue weighted by atomic mass is 10.2. The molecule has 4 rings (SSSR count). The minimum atomic E-state index is -4.14. The van der Waals surface area contributed by atoms with Gasteiger partial charge >= 0.3 is 0 Å². The van der Waals surface area contributed by atoms with Crippen molar-refractivity contribution in [2.45, 2.75) is 0 Å². The van der Waals surface area contributed by atoms with Crippen LogP contribution < -0.4 is 23.7 Å². The molecular formula is C26H26N6O7S2. The maximum Gasteiger partial charge on any atom is 0.263 e. The zero-order valence-corrected chi connectivity index (χ0v) is 23.6. The van der Waals surface area contributed by atoms with Gasteiger partial charge in [-0.05, 0) is 29.8 Å². The highest BCUT2D eigenvalue weighted by Crippen LogP contribution is 2.41. The molecule has 0 unspecified atom stereocenters. The van der Waals surface area contributed by atoms with E-state index in [1.807, 2.05) is 6.07 Å². The Bertz CT molecular complexity index is 1720. The molecule has 0 aliphatic rings. The summed E-state index contributed by atoms with van der Waals surface area (Å²) in [6.07, 6.45) is 5.36. The summed E-state index contributed by atoms with van der Waals surface area (Å²) in [5.41, 5.74) is 0.659. The highest BCUT2D eigenvalue weighted by Gasteiger charge is 2.24. The van der Waals surface area contributed by atoms with Gasteiger partial charge in [-0.2, -0.15) is 4.98 Å². The topological polar surface area (TPSA) is 172 Å². The average Bonchev–Trinajstić information content (AvgIpc) is 2.96. The van der Waals surface area contributed by atoms with Crippen molar-refractivity contribution in [1.29, 1.82) is 0 Å². The smallest absolute Gasteiger partial charge is 0.263 e. The van der Waals surface area contributed by atoms with Crippen molar-refractivity contribution < 1.29 is 31.0 Å². The number of aromatic nitrogens is 4. The average molecular weight is 599 g/mol. The van der Waals surface area contributed by atoms with Crippen LogP contribution in [0, 0.1) is 0 Å². The van der Waals surface area contributed by atoms with Crippen molar-refractivity contribution in [1.82, 2.24) is 24.7 Å². The van der Waals surface area contributed by atoms with E-state index in [2.05, 4.69) is 29.4 Å². The molecule has 15 heteroatoms. The maximum absolute atomic E-state index is 13.1. The van der Waals surface area contributed by atoms with Crippen LogP contribution in [0.4, 0.5) is 5.82 Å². The predicted molar refractivity (Wildman–Crippen MR) is 152 cm³/mol. The van der Waals surface area contributed by atoms with E-state index in [1.54, 1.807) is 54.6 Å². The Morgan fingerprint density at radius 1 is 0.854 bits per heavy atom. The van der Waals surface area contributed by atoms with Gasteiger partial charge in [0.05, 0.1) is 18.8 Å². The minimum Gasteiger partial charge on any atom is -0.493 e. The van der Waals surface area contributed by atoms with Gasteiger partial charge in [0, 0.05) is 18.9 Å². The first-order valence-electron chi connectivity index (χ1n) is 12.0. The molecule has 2 aromatic carbocycles. The number of ether oxygens (including phenoxy) is 3. The molecule has 13 nitrogen and oxygen atoms in total. The quantitative estimate of drug-likeness (QED) is 0.217. The van der Waals surface area contributed by atoms with Crippen molar-refractivity contribution >= 4 is 31.9 Å². The highest BCUT2D eigenvalue weighted by molar-refractivity contribution is 7.95. The fourth-order valence-corrected chi connectivity index (χ4v) is 4.56. The molecule has 2 N–H and O–H groups in total. The third-order valence-corrected chi connectivity index (χ3v) is 6.77. The lowest BCUT2D eigenvalue weighted by Crippen LogP contribution is -2.27. The molecule has 0 radical (unpaired) electrons. The van der Waals surface area contributed by atoms with Crippen molar-refractivity contribution in [2.24, 2.45) is 0 Å². The number of nitrogens with one attached hydrogen (secondary N) is 2. The number of nitrogens with zero attached hydrogens (tertiary/aromatic N) is 4. The fourth-order valence-electron chi connectivity index (χ4n) is 3.29. The van der Waals surface area contributed by atoms with Gasteiger partial charge in [0.25, 0.3) is 15.9 Å². The van der Waals surface area contributed by atoms with E-state index in [1.165, 1.54) is 25.6 Å². The molecule has 2 aromatic heterocycles. The van der Waals surface area contributed by atoms with Crippen LogP contribution in [0.25, 0.3) is 17.7 Å². The van der Waals surface area contributed by atoms with Gasteiger partial charge < -0.3 is 14.2 Å². The van der Waals surface area contributed by atoms with Gasteiger partial charge in [0.2, 0.25) is 21.6 Å². The van der Waals surface area contributed by atoms with Gasteiger partial charge in [-0.1, -0.05) is 42.5 Å². The standard InChI is InChI=1S/C26H26N6O7S2/c1-37-20-11-6-7-12-21(20)39-22-23(32-41(35,36)18-13-19-9-4-3-5-10-19)30-25(24-27-14-8-15-28-24)31-26(22)38-17-16-29-40(2,33)34/h3-15,18,29H,16-17H2,1-2H3,(H,30,31,32)/b18-13+. The summed E-state index contributed by atoms with van der Waals surface area (Å²) < 4.78 is 71.2. The van der Waals surface area contributed by atoms with Gasteiger partial charge in [-0.3, -0.25) is 4.72 Å². The molecule has 0 saturated heterocycles. The first-order chi connectivity index (χ1) is 19.6. The van der Waals surface area contributed by atoms with E-state index in [9.17, 15) is 16.8 Å². The second kappa shape index (κ2) is 13.2. The van der Waals surface area contributed by atoms with E-state index >= 15 is 0 Å². The minimum absolute atomic E-state index is 0.0752. The van der Waals surface area contributed by atoms with Crippen molar-refractivity contribution in [3.05, 3.63) is 84.0 Å². The second-order valence-corrected chi connectivity index (χ2v) is 11.6. The molecule has 0 saturated carbocycles. The summed E-state index contributed by atoms with van der Waals surface area (Å²) in [6, 6.07) is 17.1. The lowest BCUT2D eigenvalue weighted by molar-refractivity contribution is 0.292. The van der Waals surface area contributed by atoms with Crippen molar-refractivity contribution in [3.8, 4) is 34.8 Å². The summed E-state index contributed by atoms with van der Waals surface area (Å²) in [5, 5.41) is 0.979. The van der Waals surface area contributed by atoms with Crippen LogP contribution in [-0.4, -0.2) is 63.3 Å². The van der Waals surface area contributed by atoms with Crippen LogP contribution in [0.15, 0.2) is 78.5 Å². The summed E-state index contributed by atoms with van der Waals surface area (Å²) in [7, 11) is -6.19. The molecule has 0 spiro atoms. The molecule has 0 fully saturated rings. The van der Waals surface area contributed by atoms with Gasteiger partial charge in [0.15, 0.2) is 23.1 Å². The third kappa shape index (κ3) is 8.69. The zero-order chi connectivity index (χ0) is 29.3. The fraction of sp³-hybridized carbons (Fsp3) is 0.154. The van der Waals surface area contributed by atoms with Crippen molar-refractivity contribution in [3.63, 3.8) is 0 Å². The van der Waals surface area contributed by atoms with Crippen LogP contribution >= 0.6 is 0 Å². The number of hydrogen-bond acceptors (Lipinski definition) is 11. The SMILES string of the molecule is COc1ccccc1Oc1c(NS(=O)(=O)/C=C/c2ccccc2)nc(-c2ncccn2)nc1OCCNS(C)(=O)=O. The zero-order valence-electron chi connectivity index (χ0n) is 22.0. The summed E-state index contributed by atoms with van der Waals surface area (Å²) in [4.78, 5) is 17.0. The Morgan fingerprint density at radius 2 is 1.54 bits per heavy atom. The Morgan fingerprint density at radius 3 is 2.22 bits per heavy atom. The number of sulfonamides is 2. The first-order valence-corrected chi connectivity index (χ1v) is 15.4. The van der Waals surface area contributed by atoms with Crippen LogP contribution in [-0.2, 0) is 20.0 Å². The van der Waals surface area contributed by atoms with Crippen molar-refractivity contribution in [2.75, 3.05) is 31.2 Å². The van der Waals surface area contributed by atoms with Gasteiger partial charge in [0.1, 0.15) is 6.61 Å². The van der Waals surface area contributed by atoms with E-state index in [4.69, 9.17) is 14.2 Å². The Balaban J connectivity index is 1.80. The summed E-state index contributed by atoms with van der Waals surface area (Å²) >= 11 is 0. The number of para-hydroxylation sites is 2. The van der Waals surface area contributed by atoms with E-state index in [0.29, 0.717) is 11.3 Å². The first kappa shape index (κ1) is 29.4. The number of hydrogen-bond donors (Lipinski definition) is 2. The molecule has 2 heterocycles. The number of anilines is 1. The normalized spacial score (nSPS) is 11.8. The van der Waals surface area contributed by atoms with E-state index < -0.39 is 20.0 Å². The second-order valence-electron chi connectivity index (χ2n) is 8.23. The monoisotopic (exact) mass is 598 g/mol. The van der Waals surface area contributed by atoms with Crippen LogP contribution in [0.5, 0.6) is 23.1 Å². The van der Waals surface area contributed by atoms with Crippen LogP contribution in [0.1, 0.15) is 5.56 Å². The van der Waals surface area contributed by atoms with Gasteiger partial charge in [-0.25, -0.2) is 36.5 Å². The molecule has 0 aliphatic carbocycles. The molecule has 0 atom stereocenters. The Kier molecular flexibility index (Phi) is 9.44. The van der Waals surface area contributed by atoms with Gasteiger partial charge in [-0.15, -0.1) is 0 Å². The molecular weight excluding hydrogens is 572 g/mol. The van der Waals surface area contributed by atoms with Crippen LogP contribution in [0.3, 0.4) is 0 Å². The van der Waals surface area contributed by atoms with E-state index in [0.717, 1.165) is 11.7 Å². The summed E-state index contributed by atoms with van der Waals surface area (Å²) in [6.45, 7) is -0.281. The van der Waals surface area contributed by atoms with E-state index in [-0.39, 0.29) is 48.0 Å². The van der Waals surface area contributed by atoms with Crippen LogP contribution in [0.2, 0.25) is 0 Å². The largest absolute Gasteiger partial charge is 0.493 e. The Labute approximate surface area is 237 Å². The number of benzene rings is 2. The lowest BCUT2D eigenvalue weighted by Gasteiger charge is -2.17. The molecule has 214 valence electrons. The summed E-state index contributed by atoms with van der Waals surface area (Å²) in [5.74, 6) is -0.132. The number of methoxy groups -OCH3 is 1. The third-order valence-electron chi connectivity index (χ3n) is 5.06. The molecule has 0 bridgehead atoms. The predicted octanol–water partition coefficient (Wildman–Crippen LogP) is 3.08. The molecule has 4 aromatic rings.